The van der Waals surface area contributed by atoms with E-state index in [1.807, 2.05) is 6.92 Å². The zero-order chi connectivity index (χ0) is 19.6. The predicted octanol–water partition coefficient (Wildman–Crippen LogP) is 2.39. The van der Waals surface area contributed by atoms with Crippen LogP contribution in [0.25, 0.3) is 0 Å². The molecule has 0 heterocycles. The third-order valence-corrected chi connectivity index (χ3v) is 5.95. The Bertz CT molecular complexity index is 947. The number of carboxylic acids is 1. The number of carbonyl (C=O) groups is 2. The molecule has 0 radical (unpaired) electrons. The number of anilines is 1. The van der Waals surface area contributed by atoms with Crippen molar-refractivity contribution in [3.63, 3.8) is 0 Å². The van der Waals surface area contributed by atoms with Crippen molar-refractivity contribution in [2.24, 2.45) is 5.92 Å². The molecule has 0 aliphatic heterocycles. The van der Waals surface area contributed by atoms with Crippen molar-refractivity contribution >= 4 is 27.6 Å². The summed E-state index contributed by atoms with van der Waals surface area (Å²) >= 11 is 0. The molecule has 1 fully saturated rings. The van der Waals surface area contributed by atoms with Gasteiger partial charge in [0.05, 0.1) is 10.8 Å². The van der Waals surface area contributed by atoms with E-state index in [0.717, 1.165) is 5.56 Å². The van der Waals surface area contributed by atoms with Gasteiger partial charge >= 0.3 is 5.97 Å². The number of carboxylic acid groups (broad SMARTS) is 1. The van der Waals surface area contributed by atoms with Crippen molar-refractivity contribution in [3.05, 3.63) is 59.7 Å². The monoisotopic (exact) mass is 388 g/mol. The second-order valence-corrected chi connectivity index (χ2v) is 8.36. The summed E-state index contributed by atoms with van der Waals surface area (Å²) in [5.41, 5.74) is 1.80. The molecule has 0 aromatic heterocycles. The van der Waals surface area contributed by atoms with Crippen molar-refractivity contribution in [1.29, 1.82) is 0 Å². The minimum Gasteiger partial charge on any atom is -0.481 e. The second-order valence-electron chi connectivity index (χ2n) is 6.67. The average molecular weight is 388 g/mol. The summed E-state index contributed by atoms with van der Waals surface area (Å²) in [5.74, 6) is -1.61. The fraction of sp³-hybridized carbons (Fsp3) is 0.263. The number of sulfonamides is 1. The van der Waals surface area contributed by atoms with Gasteiger partial charge in [0, 0.05) is 17.3 Å². The minimum atomic E-state index is -3.75. The fourth-order valence-electron chi connectivity index (χ4n) is 2.83. The highest BCUT2D eigenvalue weighted by molar-refractivity contribution is 7.92. The van der Waals surface area contributed by atoms with E-state index in [4.69, 9.17) is 5.11 Å². The van der Waals surface area contributed by atoms with E-state index in [-0.39, 0.29) is 16.8 Å². The maximum atomic E-state index is 12.4. The van der Waals surface area contributed by atoms with Crippen molar-refractivity contribution in [3.8, 4) is 0 Å². The molecular formula is C19H20N2O5S. The number of nitrogens with one attached hydrogen (secondary N) is 2. The molecule has 0 spiro atoms. The molecule has 7 nitrogen and oxygen atoms in total. The van der Waals surface area contributed by atoms with Gasteiger partial charge in [-0.15, -0.1) is 0 Å². The van der Waals surface area contributed by atoms with E-state index in [1.165, 1.54) is 24.3 Å². The summed E-state index contributed by atoms with van der Waals surface area (Å²) in [6.07, 6.45) is 0.821. The van der Waals surface area contributed by atoms with Gasteiger partial charge in [0.1, 0.15) is 0 Å². The number of benzene rings is 2. The van der Waals surface area contributed by atoms with Crippen molar-refractivity contribution in [1.82, 2.24) is 5.32 Å². The topological polar surface area (TPSA) is 113 Å². The number of hydrogen-bond donors (Lipinski definition) is 3. The lowest BCUT2D eigenvalue weighted by molar-refractivity contribution is -0.145. The molecule has 3 rings (SSSR count). The summed E-state index contributed by atoms with van der Waals surface area (Å²) in [6, 6.07) is 12.4. The molecule has 2 aromatic rings. The molecule has 1 saturated carbocycles. The lowest BCUT2D eigenvalue weighted by Gasteiger charge is -2.32. The van der Waals surface area contributed by atoms with Gasteiger partial charge < -0.3 is 10.4 Å². The van der Waals surface area contributed by atoms with Gasteiger partial charge in [0.2, 0.25) is 0 Å². The van der Waals surface area contributed by atoms with Crippen LogP contribution in [0.15, 0.2) is 53.4 Å². The molecule has 1 aliphatic carbocycles. The van der Waals surface area contributed by atoms with E-state index >= 15 is 0 Å². The summed E-state index contributed by atoms with van der Waals surface area (Å²) < 4.78 is 27.4. The Hall–Kier alpha value is -2.87. The summed E-state index contributed by atoms with van der Waals surface area (Å²) in [5, 5.41) is 11.6. The van der Waals surface area contributed by atoms with Crippen LogP contribution in [-0.2, 0) is 14.8 Å². The van der Waals surface area contributed by atoms with Crippen LogP contribution in [0.5, 0.6) is 0 Å². The number of aliphatic carboxylic acids is 1. The molecule has 0 atom stereocenters. The Labute approximate surface area is 157 Å². The first-order valence-electron chi connectivity index (χ1n) is 8.48. The first kappa shape index (κ1) is 18.9. The summed E-state index contributed by atoms with van der Waals surface area (Å²) in [6.45, 7) is 1.91. The van der Waals surface area contributed by atoms with Gasteiger partial charge in [-0.1, -0.05) is 17.7 Å². The van der Waals surface area contributed by atoms with Gasteiger partial charge in [-0.2, -0.15) is 0 Å². The molecule has 1 aliphatic rings. The maximum absolute atomic E-state index is 12.4. The first-order valence-corrected chi connectivity index (χ1v) is 9.96. The van der Waals surface area contributed by atoms with Gasteiger partial charge in [-0.25, -0.2) is 8.42 Å². The number of aryl methyl sites for hydroxylation is 1. The third kappa shape index (κ3) is 4.46. The van der Waals surface area contributed by atoms with E-state index in [1.54, 1.807) is 24.3 Å². The highest BCUT2D eigenvalue weighted by Gasteiger charge is 2.35. The van der Waals surface area contributed by atoms with Gasteiger partial charge in [0.15, 0.2) is 0 Å². The lowest BCUT2D eigenvalue weighted by Crippen LogP contribution is -2.46. The summed E-state index contributed by atoms with van der Waals surface area (Å²) in [7, 11) is -3.75. The summed E-state index contributed by atoms with van der Waals surface area (Å²) in [4.78, 5) is 23.0. The average Bonchev–Trinajstić information content (AvgIpc) is 2.59. The zero-order valence-corrected chi connectivity index (χ0v) is 15.5. The molecule has 27 heavy (non-hydrogen) atoms. The third-order valence-electron chi connectivity index (χ3n) is 4.55. The van der Waals surface area contributed by atoms with Crippen LogP contribution in [0.2, 0.25) is 0 Å². The van der Waals surface area contributed by atoms with Gasteiger partial charge in [-0.05, 0) is 56.2 Å². The van der Waals surface area contributed by atoms with Crippen LogP contribution >= 0.6 is 0 Å². The highest BCUT2D eigenvalue weighted by atomic mass is 32.2. The Kier molecular flexibility index (Phi) is 5.18. The number of carbonyl (C=O) groups excluding carboxylic acids is 1. The van der Waals surface area contributed by atoms with Crippen molar-refractivity contribution in [2.45, 2.75) is 30.7 Å². The number of rotatable bonds is 6. The molecule has 0 unspecified atom stereocenters. The largest absolute Gasteiger partial charge is 0.481 e. The lowest BCUT2D eigenvalue weighted by atomic mass is 9.80. The predicted molar refractivity (Wildman–Crippen MR) is 100 cm³/mol. The van der Waals surface area contributed by atoms with E-state index in [9.17, 15) is 18.0 Å². The molecule has 0 saturated heterocycles. The molecule has 0 bridgehead atoms. The van der Waals surface area contributed by atoms with Crippen LogP contribution in [0, 0.1) is 12.8 Å². The smallest absolute Gasteiger partial charge is 0.306 e. The molecule has 8 heteroatoms. The molecule has 3 N–H and O–H groups in total. The minimum absolute atomic E-state index is 0.0502. The Morgan fingerprint density at radius 3 is 2.15 bits per heavy atom. The molecule has 2 aromatic carbocycles. The van der Waals surface area contributed by atoms with Crippen LogP contribution in [-0.4, -0.2) is 31.4 Å². The zero-order valence-electron chi connectivity index (χ0n) is 14.7. The standard InChI is InChI=1S/C19H20N2O5S/c1-12-2-6-15(7-3-12)21-27(25,26)17-8-4-13(5-9-17)18(22)20-16-10-14(11-16)19(23)24/h2-9,14,16,21H,10-11H2,1H3,(H,20,22)(H,23,24). The molecule has 142 valence electrons. The first-order chi connectivity index (χ1) is 12.7. The Morgan fingerprint density at radius 1 is 1.00 bits per heavy atom. The SMILES string of the molecule is Cc1ccc(NS(=O)(=O)c2ccc(C(=O)NC3CC(C(=O)O)C3)cc2)cc1. The van der Waals surface area contributed by atoms with Gasteiger partial charge in [0.25, 0.3) is 15.9 Å². The molecule has 1 amide bonds. The van der Waals surface area contributed by atoms with E-state index in [2.05, 4.69) is 10.0 Å². The fourth-order valence-corrected chi connectivity index (χ4v) is 3.89. The highest BCUT2D eigenvalue weighted by Crippen LogP contribution is 2.27. The van der Waals surface area contributed by atoms with E-state index < -0.39 is 21.9 Å². The second kappa shape index (κ2) is 7.40. The maximum Gasteiger partial charge on any atom is 0.306 e. The number of amides is 1. The van der Waals surface area contributed by atoms with Crippen LogP contribution in [0.3, 0.4) is 0 Å². The van der Waals surface area contributed by atoms with Crippen LogP contribution in [0.4, 0.5) is 5.69 Å². The normalized spacial score (nSPS) is 19.0. The van der Waals surface area contributed by atoms with Crippen LogP contribution < -0.4 is 10.0 Å². The van der Waals surface area contributed by atoms with Crippen LogP contribution in [0.1, 0.15) is 28.8 Å². The van der Waals surface area contributed by atoms with Crippen molar-refractivity contribution in [2.75, 3.05) is 4.72 Å². The number of hydrogen-bond acceptors (Lipinski definition) is 4. The van der Waals surface area contributed by atoms with Gasteiger partial charge in [-0.3, -0.25) is 14.3 Å². The van der Waals surface area contributed by atoms with E-state index in [0.29, 0.717) is 24.1 Å². The quantitative estimate of drug-likeness (QED) is 0.703. The Morgan fingerprint density at radius 2 is 1.59 bits per heavy atom. The van der Waals surface area contributed by atoms with Crippen molar-refractivity contribution < 1.29 is 23.1 Å². The molecular weight excluding hydrogens is 368 g/mol. The Balaban J connectivity index is 1.63.